The van der Waals surface area contributed by atoms with E-state index in [-0.39, 0.29) is 17.7 Å². The quantitative estimate of drug-likeness (QED) is 0.890. The van der Waals surface area contributed by atoms with Crippen LogP contribution in [0.5, 0.6) is 0 Å². The zero-order valence-corrected chi connectivity index (χ0v) is 16.4. The molecule has 1 aliphatic heterocycles. The van der Waals surface area contributed by atoms with Gasteiger partial charge in [0.05, 0.1) is 6.42 Å². The number of likely N-dealkylation sites (tertiary alicyclic amines) is 1. The number of carbonyl (C=O) groups is 2. The predicted octanol–water partition coefficient (Wildman–Crippen LogP) is 4.03. The molecule has 1 N–H and O–H groups in total. The van der Waals surface area contributed by atoms with Gasteiger partial charge >= 0.3 is 0 Å². The molecule has 1 fully saturated rings. The molecule has 2 aromatic rings. The molecule has 3 rings (SSSR count). The number of nitrogens with one attached hydrogen (secondary N) is 1. The lowest BCUT2D eigenvalue weighted by Crippen LogP contribution is -2.42. The lowest BCUT2D eigenvalue weighted by molar-refractivity contribution is -0.133. The number of piperidine rings is 1. The van der Waals surface area contributed by atoms with Crippen molar-refractivity contribution in [2.45, 2.75) is 40.0 Å². The molecule has 1 aliphatic rings. The number of rotatable bonds is 4. The van der Waals surface area contributed by atoms with Crippen LogP contribution < -0.4 is 5.32 Å². The SMILES string of the molecule is Cc1ccc(C)c(NC(=O)C2CCN(C(=O)Cc3ccccc3C)CC2)c1. The average Bonchev–Trinajstić information content (AvgIpc) is 2.66. The van der Waals surface area contributed by atoms with Crippen molar-refractivity contribution in [3.63, 3.8) is 0 Å². The third kappa shape index (κ3) is 4.76. The standard InChI is InChI=1S/C23H28N2O2/c1-16-8-9-18(3)21(14-16)24-23(27)19-10-12-25(13-11-19)22(26)15-20-7-5-4-6-17(20)2/h4-9,14,19H,10-13,15H2,1-3H3,(H,24,27). The number of hydrogen-bond donors (Lipinski definition) is 1. The molecule has 0 aromatic heterocycles. The Labute approximate surface area is 161 Å². The van der Waals surface area contributed by atoms with Crippen LogP contribution in [-0.2, 0) is 16.0 Å². The van der Waals surface area contributed by atoms with E-state index in [4.69, 9.17) is 0 Å². The molecule has 142 valence electrons. The van der Waals surface area contributed by atoms with Gasteiger partial charge in [0.1, 0.15) is 0 Å². The number of aryl methyl sites for hydroxylation is 3. The van der Waals surface area contributed by atoms with Gasteiger partial charge in [0.2, 0.25) is 11.8 Å². The molecule has 0 radical (unpaired) electrons. The Balaban J connectivity index is 1.53. The van der Waals surface area contributed by atoms with Crippen LogP contribution in [-0.4, -0.2) is 29.8 Å². The van der Waals surface area contributed by atoms with E-state index < -0.39 is 0 Å². The highest BCUT2D eigenvalue weighted by molar-refractivity contribution is 5.93. The highest BCUT2D eigenvalue weighted by atomic mass is 16.2. The van der Waals surface area contributed by atoms with Crippen LogP contribution in [0.4, 0.5) is 5.69 Å². The van der Waals surface area contributed by atoms with E-state index in [1.165, 1.54) is 0 Å². The molecule has 1 saturated heterocycles. The molecular formula is C23H28N2O2. The van der Waals surface area contributed by atoms with Crippen LogP contribution in [0.1, 0.15) is 35.1 Å². The van der Waals surface area contributed by atoms with E-state index in [0.717, 1.165) is 40.8 Å². The van der Waals surface area contributed by atoms with Gasteiger partial charge in [-0.05, 0) is 61.9 Å². The second-order valence-corrected chi connectivity index (χ2v) is 7.57. The Kier molecular flexibility index (Phi) is 5.94. The number of amides is 2. The summed E-state index contributed by atoms with van der Waals surface area (Å²) in [5.74, 6) is 0.180. The molecule has 0 unspecified atom stereocenters. The second kappa shape index (κ2) is 8.38. The van der Waals surface area contributed by atoms with E-state index in [2.05, 4.69) is 5.32 Å². The third-order valence-corrected chi connectivity index (χ3v) is 5.47. The van der Waals surface area contributed by atoms with Crippen molar-refractivity contribution in [3.8, 4) is 0 Å². The second-order valence-electron chi connectivity index (χ2n) is 7.57. The number of hydrogen-bond acceptors (Lipinski definition) is 2. The molecule has 4 heteroatoms. The largest absolute Gasteiger partial charge is 0.342 e. The van der Waals surface area contributed by atoms with Crippen LogP contribution in [0.2, 0.25) is 0 Å². The fourth-order valence-corrected chi connectivity index (χ4v) is 3.58. The topological polar surface area (TPSA) is 49.4 Å². The van der Waals surface area contributed by atoms with Gasteiger partial charge in [-0.3, -0.25) is 9.59 Å². The van der Waals surface area contributed by atoms with E-state index in [0.29, 0.717) is 19.5 Å². The summed E-state index contributed by atoms with van der Waals surface area (Å²) >= 11 is 0. The van der Waals surface area contributed by atoms with Gasteiger partial charge in [-0.2, -0.15) is 0 Å². The minimum Gasteiger partial charge on any atom is -0.342 e. The van der Waals surface area contributed by atoms with Crippen molar-refractivity contribution < 1.29 is 9.59 Å². The van der Waals surface area contributed by atoms with Crippen molar-refractivity contribution >= 4 is 17.5 Å². The van der Waals surface area contributed by atoms with Crippen LogP contribution in [0.25, 0.3) is 0 Å². The zero-order chi connectivity index (χ0) is 19.4. The van der Waals surface area contributed by atoms with Crippen molar-refractivity contribution in [3.05, 3.63) is 64.7 Å². The molecule has 0 bridgehead atoms. The predicted molar refractivity (Wildman–Crippen MR) is 109 cm³/mol. The Morgan fingerprint density at radius 1 is 1.00 bits per heavy atom. The minimum absolute atomic E-state index is 0.0348. The van der Waals surface area contributed by atoms with Gasteiger partial charge < -0.3 is 10.2 Å². The van der Waals surface area contributed by atoms with Crippen molar-refractivity contribution in [2.75, 3.05) is 18.4 Å². The van der Waals surface area contributed by atoms with Crippen molar-refractivity contribution in [1.29, 1.82) is 0 Å². The summed E-state index contributed by atoms with van der Waals surface area (Å²) in [4.78, 5) is 27.1. The molecule has 27 heavy (non-hydrogen) atoms. The maximum Gasteiger partial charge on any atom is 0.227 e. The Hall–Kier alpha value is -2.62. The van der Waals surface area contributed by atoms with Gasteiger partial charge in [-0.15, -0.1) is 0 Å². The first-order chi connectivity index (χ1) is 12.9. The molecule has 0 atom stereocenters. The molecule has 2 amide bonds. The van der Waals surface area contributed by atoms with Crippen LogP contribution in [0.15, 0.2) is 42.5 Å². The summed E-state index contributed by atoms with van der Waals surface area (Å²) in [6, 6.07) is 14.1. The van der Waals surface area contributed by atoms with Crippen molar-refractivity contribution in [2.24, 2.45) is 5.92 Å². The first kappa shape index (κ1) is 19.2. The highest BCUT2D eigenvalue weighted by Gasteiger charge is 2.27. The maximum absolute atomic E-state index is 12.6. The van der Waals surface area contributed by atoms with E-state index in [1.54, 1.807) is 0 Å². The normalized spacial score (nSPS) is 14.9. The number of anilines is 1. The zero-order valence-electron chi connectivity index (χ0n) is 16.4. The van der Waals surface area contributed by atoms with Gasteiger partial charge in [-0.25, -0.2) is 0 Å². The summed E-state index contributed by atoms with van der Waals surface area (Å²) in [6.07, 6.45) is 1.87. The Morgan fingerprint density at radius 3 is 2.41 bits per heavy atom. The summed E-state index contributed by atoms with van der Waals surface area (Å²) in [5.41, 5.74) is 5.32. The van der Waals surface area contributed by atoms with Gasteiger partial charge in [0, 0.05) is 24.7 Å². The molecular weight excluding hydrogens is 336 g/mol. The fraction of sp³-hybridized carbons (Fsp3) is 0.391. The van der Waals surface area contributed by atoms with E-state index >= 15 is 0 Å². The monoisotopic (exact) mass is 364 g/mol. The minimum atomic E-state index is -0.0348. The van der Waals surface area contributed by atoms with Gasteiger partial charge in [0.25, 0.3) is 0 Å². The summed E-state index contributed by atoms with van der Waals surface area (Å²) in [7, 11) is 0. The smallest absolute Gasteiger partial charge is 0.227 e. The average molecular weight is 364 g/mol. The van der Waals surface area contributed by atoms with E-state index in [1.807, 2.05) is 68.1 Å². The van der Waals surface area contributed by atoms with Crippen LogP contribution in [0, 0.1) is 26.7 Å². The van der Waals surface area contributed by atoms with Gasteiger partial charge in [0.15, 0.2) is 0 Å². The van der Waals surface area contributed by atoms with Gasteiger partial charge in [-0.1, -0.05) is 36.4 Å². The molecule has 1 heterocycles. The summed E-state index contributed by atoms with van der Waals surface area (Å²) in [5, 5.41) is 3.07. The van der Waals surface area contributed by atoms with Crippen LogP contribution in [0.3, 0.4) is 0 Å². The highest BCUT2D eigenvalue weighted by Crippen LogP contribution is 2.22. The number of benzene rings is 2. The van der Waals surface area contributed by atoms with Crippen LogP contribution >= 0.6 is 0 Å². The molecule has 0 spiro atoms. The lowest BCUT2D eigenvalue weighted by Gasteiger charge is -2.31. The molecule has 2 aromatic carbocycles. The lowest BCUT2D eigenvalue weighted by atomic mass is 9.95. The number of nitrogens with zero attached hydrogens (tertiary/aromatic N) is 1. The first-order valence-corrected chi connectivity index (χ1v) is 9.64. The molecule has 0 aliphatic carbocycles. The molecule has 0 saturated carbocycles. The van der Waals surface area contributed by atoms with Crippen molar-refractivity contribution in [1.82, 2.24) is 4.90 Å². The van der Waals surface area contributed by atoms with E-state index in [9.17, 15) is 9.59 Å². The fourth-order valence-electron chi connectivity index (χ4n) is 3.58. The summed E-state index contributed by atoms with van der Waals surface area (Å²) in [6.45, 7) is 7.35. The third-order valence-electron chi connectivity index (χ3n) is 5.47. The maximum atomic E-state index is 12.6. The molecule has 4 nitrogen and oxygen atoms in total. The Morgan fingerprint density at radius 2 is 1.70 bits per heavy atom. The summed E-state index contributed by atoms with van der Waals surface area (Å²) < 4.78 is 0. The number of carbonyl (C=O) groups excluding carboxylic acids is 2. The Bertz CT molecular complexity index is 836. The first-order valence-electron chi connectivity index (χ1n) is 9.64.